The molecule has 0 radical (unpaired) electrons. The average Bonchev–Trinajstić information content (AvgIpc) is 3.14. The van der Waals surface area contributed by atoms with Crippen molar-refractivity contribution in [2.75, 3.05) is 0 Å². The zero-order valence-corrected chi connectivity index (χ0v) is 26.3. The fourth-order valence-electron chi connectivity index (χ4n) is 10.4. The van der Waals surface area contributed by atoms with E-state index in [9.17, 15) is 5.11 Å². The predicted octanol–water partition coefficient (Wildman–Crippen LogP) is 8.02. The van der Waals surface area contributed by atoms with E-state index in [2.05, 4.69) is 27.7 Å². The minimum absolute atomic E-state index is 0.0373. The lowest BCUT2D eigenvalue weighted by Gasteiger charge is -2.60. The fraction of sp³-hybridized carbons (Fsp3) is 1.00. The Balaban J connectivity index is 1.13. The molecular formula is C35H60O5. The van der Waals surface area contributed by atoms with E-state index in [1.165, 1.54) is 70.6 Å². The van der Waals surface area contributed by atoms with Crippen molar-refractivity contribution >= 4 is 0 Å². The minimum Gasteiger partial charge on any atom is -0.393 e. The molecule has 9 unspecified atom stereocenters. The summed E-state index contributed by atoms with van der Waals surface area (Å²) in [5.41, 5.74) is 0.614. The second kappa shape index (κ2) is 12.1. The number of ether oxygens (including phenoxy) is 4. The van der Waals surface area contributed by atoms with E-state index in [-0.39, 0.29) is 48.5 Å². The van der Waals surface area contributed by atoms with Gasteiger partial charge in [0.05, 0.1) is 30.5 Å². The lowest BCUT2D eigenvalue weighted by atomic mass is 9.49. The van der Waals surface area contributed by atoms with E-state index in [1.54, 1.807) is 0 Å². The Bertz CT molecular complexity index is 799. The molecule has 2 aliphatic heterocycles. The van der Waals surface area contributed by atoms with Crippen molar-refractivity contribution in [2.45, 2.75) is 180 Å². The molecule has 7 fully saturated rings. The van der Waals surface area contributed by atoms with Gasteiger partial charge >= 0.3 is 0 Å². The van der Waals surface area contributed by atoms with E-state index in [0.717, 1.165) is 49.4 Å². The molecule has 0 amide bonds. The van der Waals surface area contributed by atoms with Gasteiger partial charge in [0.15, 0.2) is 12.6 Å². The van der Waals surface area contributed by atoms with Gasteiger partial charge in [-0.2, -0.15) is 0 Å². The van der Waals surface area contributed by atoms with Gasteiger partial charge < -0.3 is 24.1 Å². The number of rotatable bonds is 7. The molecule has 0 aromatic rings. The molecule has 2 saturated heterocycles. The van der Waals surface area contributed by atoms with Crippen molar-refractivity contribution in [3.05, 3.63) is 0 Å². The van der Waals surface area contributed by atoms with E-state index in [1.807, 2.05) is 6.92 Å². The average molecular weight is 561 g/mol. The van der Waals surface area contributed by atoms with Gasteiger partial charge in [0.1, 0.15) is 0 Å². The number of hydrogen-bond donors (Lipinski definition) is 1. The first-order valence-corrected chi connectivity index (χ1v) is 17.4. The number of hydrogen-bond acceptors (Lipinski definition) is 5. The minimum atomic E-state index is -0.354. The van der Waals surface area contributed by atoms with E-state index in [0.29, 0.717) is 17.8 Å². The summed E-state index contributed by atoms with van der Waals surface area (Å²) in [6.45, 7) is 11.4. The van der Waals surface area contributed by atoms with Crippen LogP contribution in [0.4, 0.5) is 0 Å². The van der Waals surface area contributed by atoms with Gasteiger partial charge in [-0.05, 0) is 113 Å². The summed E-state index contributed by atoms with van der Waals surface area (Å²) < 4.78 is 27.2. The number of aliphatic hydroxyl groups excluding tert-OH is 1. The molecule has 2 heterocycles. The SMILES string of the molecule is CCC1CC(CC2CC(CC(C)O)OC(C3CCCC(C(C)(C)C)CC3)O2)OC(C23CC4CC(CC(C4)C2)C3)O1. The van der Waals surface area contributed by atoms with Crippen LogP contribution in [0.1, 0.15) is 137 Å². The van der Waals surface area contributed by atoms with Crippen molar-refractivity contribution in [1.29, 1.82) is 0 Å². The number of aliphatic hydroxyl groups is 1. The maximum Gasteiger partial charge on any atom is 0.163 e. The molecule has 0 aromatic heterocycles. The van der Waals surface area contributed by atoms with Crippen LogP contribution in [0.5, 0.6) is 0 Å². The van der Waals surface area contributed by atoms with Gasteiger partial charge in [-0.15, -0.1) is 0 Å². The molecule has 4 bridgehead atoms. The van der Waals surface area contributed by atoms with Crippen molar-refractivity contribution in [3.8, 4) is 0 Å². The Hall–Kier alpha value is -0.200. The lowest BCUT2D eigenvalue weighted by molar-refractivity contribution is -0.322. The van der Waals surface area contributed by atoms with Gasteiger partial charge in [0, 0.05) is 30.6 Å². The Morgan fingerprint density at radius 2 is 1.35 bits per heavy atom. The van der Waals surface area contributed by atoms with E-state index >= 15 is 0 Å². The van der Waals surface area contributed by atoms with Gasteiger partial charge in [0.25, 0.3) is 0 Å². The zero-order chi connectivity index (χ0) is 28.1. The van der Waals surface area contributed by atoms with Gasteiger partial charge in [-0.3, -0.25) is 0 Å². The van der Waals surface area contributed by atoms with Crippen LogP contribution in [0.3, 0.4) is 0 Å². The van der Waals surface area contributed by atoms with Gasteiger partial charge in [-0.25, -0.2) is 0 Å². The van der Waals surface area contributed by atoms with Crippen molar-refractivity contribution in [3.63, 3.8) is 0 Å². The molecule has 5 heteroatoms. The Morgan fingerprint density at radius 1 is 0.750 bits per heavy atom. The molecule has 5 nitrogen and oxygen atoms in total. The van der Waals surface area contributed by atoms with Crippen molar-refractivity contribution < 1.29 is 24.1 Å². The van der Waals surface area contributed by atoms with Gasteiger partial charge in [0.2, 0.25) is 0 Å². The molecular weight excluding hydrogens is 500 g/mol. The fourth-order valence-corrected chi connectivity index (χ4v) is 10.4. The van der Waals surface area contributed by atoms with Crippen LogP contribution in [0, 0.1) is 40.4 Å². The quantitative estimate of drug-likeness (QED) is 0.320. The predicted molar refractivity (Wildman–Crippen MR) is 158 cm³/mol. The summed E-state index contributed by atoms with van der Waals surface area (Å²) in [7, 11) is 0. The highest BCUT2D eigenvalue weighted by atomic mass is 16.7. The highest BCUT2D eigenvalue weighted by Crippen LogP contribution is 2.62. The van der Waals surface area contributed by atoms with Crippen LogP contribution in [0.2, 0.25) is 0 Å². The molecule has 5 aliphatic carbocycles. The summed E-state index contributed by atoms with van der Waals surface area (Å²) in [4.78, 5) is 0. The third kappa shape index (κ3) is 6.64. The molecule has 5 saturated carbocycles. The largest absolute Gasteiger partial charge is 0.393 e. The third-order valence-electron chi connectivity index (χ3n) is 12.1. The maximum absolute atomic E-state index is 10.3. The Labute approximate surface area is 244 Å². The first-order chi connectivity index (χ1) is 19.1. The summed E-state index contributed by atoms with van der Waals surface area (Å²) >= 11 is 0. The highest BCUT2D eigenvalue weighted by Gasteiger charge is 2.57. The summed E-state index contributed by atoms with van der Waals surface area (Å²) in [5, 5.41) is 10.3. The summed E-state index contributed by atoms with van der Waals surface area (Å²) in [6, 6.07) is 0. The lowest BCUT2D eigenvalue weighted by Crippen LogP contribution is -2.56. The van der Waals surface area contributed by atoms with Gasteiger partial charge in [-0.1, -0.05) is 34.1 Å². The monoisotopic (exact) mass is 560 g/mol. The summed E-state index contributed by atoms with van der Waals surface area (Å²) in [5.74, 6) is 3.92. The van der Waals surface area contributed by atoms with Crippen LogP contribution < -0.4 is 0 Å². The first-order valence-electron chi connectivity index (χ1n) is 17.4. The van der Waals surface area contributed by atoms with Crippen molar-refractivity contribution in [2.24, 2.45) is 40.4 Å². The van der Waals surface area contributed by atoms with Crippen LogP contribution in [0.25, 0.3) is 0 Å². The normalized spacial score (nSPS) is 48.6. The maximum atomic E-state index is 10.3. The first kappa shape index (κ1) is 29.9. The molecule has 230 valence electrons. The van der Waals surface area contributed by atoms with Crippen molar-refractivity contribution in [1.82, 2.24) is 0 Å². The standard InChI is InChI=1S/C35H60O5/c1-6-28-16-31(40-33(39-28)35-19-23-13-24(20-35)15-25(14-23)21-35)18-30-17-29(12-22(2)36)37-32(38-30)26-8-7-9-27(11-10-26)34(3,4)5/h22-33,36H,6-21H2,1-5H3. The second-order valence-electron chi connectivity index (χ2n) is 16.5. The van der Waals surface area contributed by atoms with Crippen LogP contribution in [-0.4, -0.2) is 48.2 Å². The third-order valence-corrected chi connectivity index (χ3v) is 12.1. The Kier molecular flexibility index (Phi) is 9.00. The molecule has 7 aliphatic rings. The molecule has 40 heavy (non-hydrogen) atoms. The molecule has 7 rings (SSSR count). The topological polar surface area (TPSA) is 57.2 Å². The molecule has 1 N–H and O–H groups in total. The highest BCUT2D eigenvalue weighted by molar-refractivity contribution is 5.04. The summed E-state index contributed by atoms with van der Waals surface area (Å²) in [6.07, 6.45) is 19.1. The smallest absolute Gasteiger partial charge is 0.163 e. The molecule has 0 aromatic carbocycles. The van der Waals surface area contributed by atoms with E-state index < -0.39 is 0 Å². The molecule has 9 atom stereocenters. The van der Waals surface area contributed by atoms with Crippen LogP contribution in [-0.2, 0) is 18.9 Å². The second-order valence-corrected chi connectivity index (χ2v) is 16.5. The zero-order valence-electron chi connectivity index (χ0n) is 26.3. The van der Waals surface area contributed by atoms with E-state index in [4.69, 9.17) is 18.9 Å². The van der Waals surface area contributed by atoms with Crippen LogP contribution in [0.15, 0.2) is 0 Å². The molecule has 0 spiro atoms. The van der Waals surface area contributed by atoms with Crippen LogP contribution >= 0.6 is 0 Å². The Morgan fingerprint density at radius 3 is 1.98 bits per heavy atom.